The van der Waals surface area contributed by atoms with Gasteiger partial charge in [0.1, 0.15) is 35.3 Å². The van der Waals surface area contributed by atoms with Crippen molar-refractivity contribution < 1.29 is 28.6 Å². The smallest absolute Gasteiger partial charge is 0.270 e. The molecule has 0 bridgehead atoms. The molecule has 0 spiro atoms. The lowest BCUT2D eigenvalue weighted by atomic mass is 10.0. The van der Waals surface area contributed by atoms with Gasteiger partial charge in [-0.3, -0.25) is 4.79 Å². The lowest BCUT2D eigenvalue weighted by Gasteiger charge is -2.30. The molecular formula is C22H25FN4O5. The fraction of sp³-hybridized carbons (Fsp3) is 0.455. The van der Waals surface area contributed by atoms with E-state index in [1.807, 2.05) is 0 Å². The Balaban J connectivity index is 1.39. The summed E-state index contributed by atoms with van der Waals surface area (Å²) >= 11 is 0. The van der Waals surface area contributed by atoms with Crippen molar-refractivity contribution in [2.24, 2.45) is 5.16 Å². The van der Waals surface area contributed by atoms with E-state index in [0.717, 1.165) is 5.56 Å². The Kier molecular flexibility index (Phi) is 6.73. The summed E-state index contributed by atoms with van der Waals surface area (Å²) in [6.07, 6.45) is -0.509. The van der Waals surface area contributed by atoms with Crippen molar-refractivity contribution in [1.29, 1.82) is 0 Å². The van der Waals surface area contributed by atoms with Gasteiger partial charge in [-0.1, -0.05) is 17.3 Å². The van der Waals surface area contributed by atoms with Crippen LogP contribution in [-0.4, -0.2) is 64.8 Å². The van der Waals surface area contributed by atoms with Crippen molar-refractivity contribution in [2.75, 3.05) is 19.8 Å². The summed E-state index contributed by atoms with van der Waals surface area (Å²) in [5.74, 6) is -0.222. The molecule has 10 heteroatoms. The number of aromatic nitrogens is 2. The van der Waals surface area contributed by atoms with E-state index in [-0.39, 0.29) is 48.9 Å². The second-order valence-electron chi connectivity index (χ2n) is 7.85. The van der Waals surface area contributed by atoms with Crippen molar-refractivity contribution >= 4 is 11.6 Å². The van der Waals surface area contributed by atoms with Crippen molar-refractivity contribution in [3.63, 3.8) is 0 Å². The number of aliphatic hydroxyl groups excluding tert-OH is 1. The third kappa shape index (κ3) is 5.09. The van der Waals surface area contributed by atoms with E-state index < -0.39 is 0 Å². The molecule has 3 atom stereocenters. The van der Waals surface area contributed by atoms with E-state index in [4.69, 9.17) is 19.4 Å². The van der Waals surface area contributed by atoms with Gasteiger partial charge in [-0.25, -0.2) is 14.4 Å². The topological polar surface area (TPSA) is 115 Å². The third-order valence-electron chi connectivity index (χ3n) is 5.35. The van der Waals surface area contributed by atoms with Crippen molar-refractivity contribution in [2.45, 2.75) is 45.1 Å². The van der Waals surface area contributed by atoms with E-state index >= 15 is 0 Å². The molecule has 4 rings (SSSR count). The summed E-state index contributed by atoms with van der Waals surface area (Å²) in [5.41, 5.74) is 2.62. The van der Waals surface area contributed by atoms with Gasteiger partial charge in [-0.2, -0.15) is 0 Å². The molecule has 3 heterocycles. The van der Waals surface area contributed by atoms with Gasteiger partial charge in [0.2, 0.25) is 0 Å². The predicted octanol–water partition coefficient (Wildman–Crippen LogP) is 1.43. The first-order chi connectivity index (χ1) is 15.4. The van der Waals surface area contributed by atoms with E-state index in [1.54, 1.807) is 32.0 Å². The minimum Gasteiger partial charge on any atom is -0.394 e. The van der Waals surface area contributed by atoms with Crippen LogP contribution in [0.1, 0.15) is 39.6 Å². The zero-order valence-electron chi connectivity index (χ0n) is 17.9. The van der Waals surface area contributed by atoms with E-state index in [1.165, 1.54) is 6.07 Å². The van der Waals surface area contributed by atoms with Gasteiger partial charge in [0.05, 0.1) is 25.5 Å². The van der Waals surface area contributed by atoms with E-state index in [0.29, 0.717) is 42.4 Å². The minimum absolute atomic E-state index is 0.0915. The molecule has 32 heavy (non-hydrogen) atoms. The molecule has 0 unspecified atom stereocenters. The SMILES string of the molecule is Cc1nc(C(=O)NCc2ccc(F)c(C)c2)cc(C2=NO[C@@H]([C@H]3CO[C@H](CO)CO3)C2)n1. The maximum absolute atomic E-state index is 13.4. The first-order valence-electron chi connectivity index (χ1n) is 10.4. The molecule has 2 aromatic rings. The number of carbonyl (C=O) groups excluding carboxylic acids is 1. The number of oxime groups is 1. The summed E-state index contributed by atoms with van der Waals surface area (Å²) in [7, 11) is 0. The fourth-order valence-electron chi connectivity index (χ4n) is 3.55. The van der Waals surface area contributed by atoms with Gasteiger partial charge in [0.15, 0.2) is 6.10 Å². The highest BCUT2D eigenvalue weighted by Crippen LogP contribution is 2.23. The fourth-order valence-corrected chi connectivity index (χ4v) is 3.55. The first kappa shape index (κ1) is 22.3. The number of halogens is 1. The third-order valence-corrected chi connectivity index (χ3v) is 5.35. The summed E-state index contributed by atoms with van der Waals surface area (Å²) in [6.45, 7) is 4.13. The monoisotopic (exact) mass is 444 g/mol. The van der Waals surface area contributed by atoms with E-state index in [9.17, 15) is 9.18 Å². The van der Waals surface area contributed by atoms with Crippen molar-refractivity contribution in [3.05, 3.63) is 58.4 Å². The summed E-state index contributed by atoms with van der Waals surface area (Å²) in [4.78, 5) is 26.8. The molecule has 1 saturated heterocycles. The zero-order valence-corrected chi connectivity index (χ0v) is 17.9. The Bertz CT molecular complexity index is 1020. The highest BCUT2D eigenvalue weighted by atomic mass is 19.1. The zero-order chi connectivity index (χ0) is 22.7. The average Bonchev–Trinajstić information content (AvgIpc) is 3.30. The van der Waals surface area contributed by atoms with Crippen LogP contribution in [0.15, 0.2) is 29.4 Å². The molecule has 170 valence electrons. The number of nitrogens with one attached hydrogen (secondary N) is 1. The van der Waals surface area contributed by atoms with Crippen LogP contribution >= 0.6 is 0 Å². The Hall–Kier alpha value is -2.95. The predicted molar refractivity (Wildman–Crippen MR) is 112 cm³/mol. The van der Waals surface area contributed by atoms with Gasteiger partial charge in [-0.05, 0) is 37.1 Å². The van der Waals surface area contributed by atoms with Crippen LogP contribution in [0, 0.1) is 19.7 Å². The molecule has 1 aromatic carbocycles. The molecule has 1 amide bonds. The second-order valence-corrected chi connectivity index (χ2v) is 7.85. The van der Waals surface area contributed by atoms with Gasteiger partial charge in [0.25, 0.3) is 5.91 Å². The number of amides is 1. The number of nitrogens with zero attached hydrogens (tertiary/aromatic N) is 3. The lowest BCUT2D eigenvalue weighted by Crippen LogP contribution is -2.43. The maximum atomic E-state index is 13.4. The number of aryl methyl sites for hydroxylation is 2. The van der Waals surface area contributed by atoms with Crippen LogP contribution < -0.4 is 5.32 Å². The van der Waals surface area contributed by atoms with Crippen LogP contribution in [0.25, 0.3) is 0 Å². The highest BCUT2D eigenvalue weighted by Gasteiger charge is 2.35. The number of ether oxygens (including phenoxy) is 2. The standard InChI is InChI=1S/C22H25FN4O5/c1-12-5-14(3-4-16(12)23)8-24-22(29)19-6-17(25-13(2)26-19)18-7-20(32-27-18)21-11-30-15(9-28)10-31-21/h3-6,15,20-21,28H,7-11H2,1-2H3,(H,24,29)/t15-,20-,21-/m1/s1. The van der Waals surface area contributed by atoms with Gasteiger partial charge < -0.3 is 24.7 Å². The molecular weight excluding hydrogens is 419 g/mol. The van der Waals surface area contributed by atoms with Crippen LogP contribution in [0.2, 0.25) is 0 Å². The number of carbonyl (C=O) groups is 1. The Morgan fingerprint density at radius 1 is 1.19 bits per heavy atom. The summed E-state index contributed by atoms with van der Waals surface area (Å²) < 4.78 is 24.7. The summed E-state index contributed by atoms with van der Waals surface area (Å²) in [5, 5.41) is 16.1. The lowest BCUT2D eigenvalue weighted by molar-refractivity contribution is -0.178. The van der Waals surface area contributed by atoms with Gasteiger partial charge in [-0.15, -0.1) is 0 Å². The van der Waals surface area contributed by atoms with Crippen LogP contribution in [-0.2, 0) is 20.9 Å². The van der Waals surface area contributed by atoms with Crippen molar-refractivity contribution in [1.82, 2.24) is 15.3 Å². The molecule has 0 aliphatic carbocycles. The molecule has 2 N–H and O–H groups in total. The molecule has 2 aliphatic heterocycles. The van der Waals surface area contributed by atoms with Crippen LogP contribution in [0.5, 0.6) is 0 Å². The Labute approximate surface area is 184 Å². The second kappa shape index (κ2) is 9.68. The Morgan fingerprint density at radius 3 is 2.75 bits per heavy atom. The summed E-state index contributed by atoms with van der Waals surface area (Å²) in [6, 6.07) is 6.27. The minimum atomic E-state index is -0.367. The number of hydrogen-bond acceptors (Lipinski definition) is 8. The van der Waals surface area contributed by atoms with Crippen molar-refractivity contribution in [3.8, 4) is 0 Å². The largest absolute Gasteiger partial charge is 0.394 e. The number of rotatable bonds is 6. The Morgan fingerprint density at radius 2 is 2.03 bits per heavy atom. The number of hydrogen-bond donors (Lipinski definition) is 2. The van der Waals surface area contributed by atoms with Gasteiger partial charge >= 0.3 is 0 Å². The molecule has 2 aliphatic rings. The number of benzene rings is 1. The molecule has 9 nitrogen and oxygen atoms in total. The quantitative estimate of drug-likeness (QED) is 0.693. The number of aliphatic hydroxyl groups is 1. The average molecular weight is 444 g/mol. The molecule has 0 radical (unpaired) electrons. The normalized spacial score (nSPS) is 22.9. The highest BCUT2D eigenvalue weighted by molar-refractivity contribution is 6.02. The van der Waals surface area contributed by atoms with Gasteiger partial charge in [0, 0.05) is 13.0 Å². The van der Waals surface area contributed by atoms with E-state index in [2.05, 4.69) is 20.4 Å². The maximum Gasteiger partial charge on any atom is 0.270 e. The first-order valence-corrected chi connectivity index (χ1v) is 10.4. The van der Waals surface area contributed by atoms with Crippen LogP contribution in [0.4, 0.5) is 4.39 Å². The molecule has 0 saturated carbocycles. The molecule has 1 aromatic heterocycles. The molecule has 1 fully saturated rings. The van der Waals surface area contributed by atoms with Crippen LogP contribution in [0.3, 0.4) is 0 Å².